The molecule has 7 nitrogen and oxygen atoms in total. The predicted molar refractivity (Wildman–Crippen MR) is 111 cm³/mol. The SMILES string of the molecule is COc1ccccc1C(=O)Nc1cc(-c2ccccc2)nn1C1CCS(=O)(=O)C1. The highest BCUT2D eigenvalue weighted by Gasteiger charge is 2.32. The lowest BCUT2D eigenvalue weighted by atomic mass is 10.1. The minimum Gasteiger partial charge on any atom is -0.496 e. The van der Waals surface area contributed by atoms with Crippen molar-refractivity contribution in [3.8, 4) is 17.0 Å². The van der Waals surface area contributed by atoms with Gasteiger partial charge in [0.05, 0.1) is 35.9 Å². The molecule has 1 N–H and O–H groups in total. The Morgan fingerprint density at radius 2 is 1.86 bits per heavy atom. The zero-order valence-corrected chi connectivity index (χ0v) is 16.7. The van der Waals surface area contributed by atoms with Crippen LogP contribution in [0.5, 0.6) is 5.75 Å². The summed E-state index contributed by atoms with van der Waals surface area (Å²) in [5, 5.41) is 7.51. The zero-order chi connectivity index (χ0) is 20.4. The highest BCUT2D eigenvalue weighted by atomic mass is 32.2. The van der Waals surface area contributed by atoms with Gasteiger partial charge in [0.1, 0.15) is 11.6 Å². The number of carbonyl (C=O) groups excluding carboxylic acids is 1. The molecule has 0 saturated carbocycles. The van der Waals surface area contributed by atoms with Crippen LogP contribution >= 0.6 is 0 Å². The van der Waals surface area contributed by atoms with E-state index < -0.39 is 9.84 Å². The Morgan fingerprint density at radius 1 is 1.14 bits per heavy atom. The monoisotopic (exact) mass is 411 g/mol. The number of hydrogen-bond acceptors (Lipinski definition) is 5. The Kier molecular flexibility index (Phi) is 5.10. The van der Waals surface area contributed by atoms with Gasteiger partial charge in [-0.15, -0.1) is 0 Å². The average Bonchev–Trinajstić information content (AvgIpc) is 3.31. The number of methoxy groups -OCH3 is 1. The summed E-state index contributed by atoms with van der Waals surface area (Å²) in [5.74, 6) is 0.715. The highest BCUT2D eigenvalue weighted by Crippen LogP contribution is 2.31. The lowest BCUT2D eigenvalue weighted by molar-refractivity contribution is 0.102. The van der Waals surface area contributed by atoms with Gasteiger partial charge in [-0.1, -0.05) is 42.5 Å². The smallest absolute Gasteiger partial charge is 0.260 e. The number of para-hydroxylation sites is 1. The van der Waals surface area contributed by atoms with E-state index in [-0.39, 0.29) is 23.5 Å². The molecule has 29 heavy (non-hydrogen) atoms. The minimum absolute atomic E-state index is 0.0143. The molecule has 2 aromatic carbocycles. The van der Waals surface area contributed by atoms with Gasteiger partial charge in [0.15, 0.2) is 9.84 Å². The fourth-order valence-electron chi connectivity index (χ4n) is 3.50. The second-order valence-electron chi connectivity index (χ2n) is 6.94. The van der Waals surface area contributed by atoms with Crippen LogP contribution in [0.4, 0.5) is 5.82 Å². The topological polar surface area (TPSA) is 90.3 Å². The van der Waals surface area contributed by atoms with Gasteiger partial charge >= 0.3 is 0 Å². The number of anilines is 1. The number of aromatic nitrogens is 2. The first kappa shape index (κ1) is 19.2. The van der Waals surface area contributed by atoms with Crippen LogP contribution in [0.3, 0.4) is 0 Å². The van der Waals surface area contributed by atoms with Crippen molar-refractivity contribution in [2.45, 2.75) is 12.5 Å². The molecule has 4 rings (SSSR count). The lowest BCUT2D eigenvalue weighted by Crippen LogP contribution is -2.20. The molecule has 150 valence electrons. The third-order valence-electron chi connectivity index (χ3n) is 4.95. The number of hydrogen-bond donors (Lipinski definition) is 1. The van der Waals surface area contributed by atoms with Gasteiger partial charge in [-0.05, 0) is 18.6 Å². The largest absolute Gasteiger partial charge is 0.496 e. The van der Waals surface area contributed by atoms with Gasteiger partial charge in [-0.2, -0.15) is 5.10 Å². The van der Waals surface area contributed by atoms with E-state index in [2.05, 4.69) is 10.4 Å². The molecule has 3 aromatic rings. The van der Waals surface area contributed by atoms with E-state index in [1.807, 2.05) is 30.3 Å². The Hall–Kier alpha value is -3.13. The number of carbonyl (C=O) groups is 1. The van der Waals surface area contributed by atoms with Crippen molar-refractivity contribution >= 4 is 21.6 Å². The first-order valence-corrected chi connectivity index (χ1v) is 11.1. The molecule has 1 unspecified atom stereocenters. The number of nitrogens with one attached hydrogen (secondary N) is 1. The molecule has 1 saturated heterocycles. The standard InChI is InChI=1S/C21H21N3O4S/c1-28-19-10-6-5-9-17(19)21(25)22-20-13-18(15-7-3-2-4-8-15)23-24(20)16-11-12-29(26,27)14-16/h2-10,13,16H,11-12,14H2,1H3,(H,22,25). The second kappa shape index (κ2) is 7.71. The summed E-state index contributed by atoms with van der Waals surface area (Å²) in [7, 11) is -1.59. The predicted octanol–water partition coefficient (Wildman–Crippen LogP) is 3.17. The number of sulfone groups is 1. The molecule has 8 heteroatoms. The lowest BCUT2D eigenvalue weighted by Gasteiger charge is -2.14. The average molecular weight is 411 g/mol. The van der Waals surface area contributed by atoms with Crippen LogP contribution in [0.1, 0.15) is 22.8 Å². The molecule has 0 bridgehead atoms. The Labute approximate surface area is 169 Å². The molecule has 1 fully saturated rings. The third-order valence-corrected chi connectivity index (χ3v) is 6.70. The van der Waals surface area contributed by atoms with Crippen molar-refractivity contribution in [3.05, 3.63) is 66.2 Å². The van der Waals surface area contributed by atoms with Crippen LogP contribution in [0, 0.1) is 0 Å². The summed E-state index contributed by atoms with van der Waals surface area (Å²) in [5.41, 5.74) is 1.95. The summed E-state index contributed by atoms with van der Waals surface area (Å²) < 4.78 is 30.9. The summed E-state index contributed by atoms with van der Waals surface area (Å²) >= 11 is 0. The molecule has 1 atom stereocenters. The molecule has 2 heterocycles. The molecule has 1 aliphatic heterocycles. The summed E-state index contributed by atoms with van der Waals surface area (Å²) in [4.78, 5) is 12.9. The van der Waals surface area contributed by atoms with E-state index >= 15 is 0 Å². The first-order valence-electron chi connectivity index (χ1n) is 9.26. The summed E-state index contributed by atoms with van der Waals surface area (Å²) in [6.45, 7) is 0. The fourth-order valence-corrected chi connectivity index (χ4v) is 5.19. The number of amides is 1. The van der Waals surface area contributed by atoms with E-state index in [9.17, 15) is 13.2 Å². The van der Waals surface area contributed by atoms with Crippen molar-refractivity contribution in [3.63, 3.8) is 0 Å². The maximum atomic E-state index is 12.9. The summed E-state index contributed by atoms with van der Waals surface area (Å²) in [6, 6.07) is 18.0. The Bertz CT molecular complexity index is 1140. The molecule has 1 amide bonds. The van der Waals surface area contributed by atoms with Gasteiger partial charge < -0.3 is 10.1 Å². The van der Waals surface area contributed by atoms with E-state index in [0.29, 0.717) is 29.2 Å². The number of ether oxygens (including phenoxy) is 1. The number of benzene rings is 2. The maximum absolute atomic E-state index is 12.9. The van der Waals surface area contributed by atoms with E-state index in [1.54, 1.807) is 35.0 Å². The normalized spacial score (nSPS) is 17.8. The fraction of sp³-hybridized carbons (Fsp3) is 0.238. The van der Waals surface area contributed by atoms with Crippen LogP contribution in [0.2, 0.25) is 0 Å². The van der Waals surface area contributed by atoms with Crippen molar-refractivity contribution in [1.29, 1.82) is 0 Å². The van der Waals surface area contributed by atoms with Gasteiger partial charge in [0, 0.05) is 11.6 Å². The molecular formula is C21H21N3O4S. The van der Waals surface area contributed by atoms with E-state index in [1.165, 1.54) is 7.11 Å². The molecule has 0 aliphatic carbocycles. The Morgan fingerprint density at radius 3 is 2.55 bits per heavy atom. The van der Waals surface area contributed by atoms with Crippen molar-refractivity contribution in [1.82, 2.24) is 9.78 Å². The third kappa shape index (κ3) is 4.02. The highest BCUT2D eigenvalue weighted by molar-refractivity contribution is 7.91. The van der Waals surface area contributed by atoms with Gasteiger partial charge in [-0.25, -0.2) is 13.1 Å². The van der Waals surface area contributed by atoms with Crippen molar-refractivity contribution in [2.24, 2.45) is 0 Å². The zero-order valence-electron chi connectivity index (χ0n) is 15.9. The van der Waals surface area contributed by atoms with E-state index in [0.717, 1.165) is 5.56 Å². The first-order chi connectivity index (χ1) is 14.0. The molecule has 0 spiro atoms. The van der Waals surface area contributed by atoms with Gasteiger partial charge in [0.2, 0.25) is 0 Å². The van der Waals surface area contributed by atoms with Crippen LogP contribution in [0.15, 0.2) is 60.7 Å². The van der Waals surface area contributed by atoms with Crippen molar-refractivity contribution in [2.75, 3.05) is 23.9 Å². The van der Waals surface area contributed by atoms with Gasteiger partial charge in [-0.3, -0.25) is 4.79 Å². The molecule has 1 aliphatic rings. The van der Waals surface area contributed by atoms with Crippen LogP contribution in [-0.2, 0) is 9.84 Å². The second-order valence-corrected chi connectivity index (χ2v) is 9.17. The number of rotatable bonds is 5. The Balaban J connectivity index is 1.71. The molecule has 0 radical (unpaired) electrons. The quantitative estimate of drug-likeness (QED) is 0.696. The van der Waals surface area contributed by atoms with Gasteiger partial charge in [0.25, 0.3) is 5.91 Å². The van der Waals surface area contributed by atoms with Crippen molar-refractivity contribution < 1.29 is 17.9 Å². The minimum atomic E-state index is -3.10. The number of nitrogens with zero attached hydrogens (tertiary/aromatic N) is 2. The van der Waals surface area contributed by atoms with Crippen LogP contribution in [-0.4, -0.2) is 42.7 Å². The van der Waals surface area contributed by atoms with E-state index in [4.69, 9.17) is 4.74 Å². The van der Waals surface area contributed by atoms with Crippen LogP contribution in [0.25, 0.3) is 11.3 Å². The molecular weight excluding hydrogens is 390 g/mol. The molecule has 1 aromatic heterocycles. The maximum Gasteiger partial charge on any atom is 0.260 e. The summed E-state index contributed by atoms with van der Waals surface area (Å²) in [6.07, 6.45) is 0.468. The van der Waals surface area contributed by atoms with Crippen LogP contribution < -0.4 is 10.1 Å².